The van der Waals surface area contributed by atoms with Gasteiger partial charge in [-0.2, -0.15) is 0 Å². The van der Waals surface area contributed by atoms with E-state index < -0.39 is 22.7 Å². The normalized spacial score (nSPS) is 11.6. The van der Waals surface area contributed by atoms with Gasteiger partial charge in [0.05, 0.1) is 12.0 Å². The number of carbonyl (C=O) groups excluding carboxylic acids is 1. The molecule has 0 saturated heterocycles. The zero-order chi connectivity index (χ0) is 17.9. The molecule has 126 valence electrons. The molecule has 2 rings (SSSR count). The van der Waals surface area contributed by atoms with Crippen molar-refractivity contribution in [2.75, 3.05) is 12.4 Å². The number of nitro benzene ring substituents is 1. The van der Waals surface area contributed by atoms with E-state index in [0.29, 0.717) is 5.56 Å². The molecule has 0 spiro atoms. The van der Waals surface area contributed by atoms with Crippen LogP contribution >= 0.6 is 0 Å². The van der Waals surface area contributed by atoms with Crippen LogP contribution in [-0.2, 0) is 0 Å². The van der Waals surface area contributed by atoms with Crippen LogP contribution in [0.15, 0.2) is 36.4 Å². The van der Waals surface area contributed by atoms with Gasteiger partial charge in [0.15, 0.2) is 11.6 Å². The van der Waals surface area contributed by atoms with Crippen LogP contribution in [-0.4, -0.2) is 17.9 Å². The van der Waals surface area contributed by atoms with Crippen molar-refractivity contribution < 1.29 is 18.8 Å². The van der Waals surface area contributed by atoms with E-state index in [2.05, 4.69) is 5.32 Å². The molecule has 2 aromatic carbocycles. The van der Waals surface area contributed by atoms with Gasteiger partial charge < -0.3 is 15.8 Å². The highest BCUT2D eigenvalue weighted by molar-refractivity contribution is 5.94. The number of anilines is 1. The summed E-state index contributed by atoms with van der Waals surface area (Å²) in [6.45, 7) is 1.73. The van der Waals surface area contributed by atoms with E-state index in [1.165, 1.54) is 31.4 Å². The van der Waals surface area contributed by atoms with Gasteiger partial charge in [0, 0.05) is 17.7 Å². The van der Waals surface area contributed by atoms with Crippen LogP contribution in [0.5, 0.6) is 5.75 Å². The molecule has 0 unspecified atom stereocenters. The summed E-state index contributed by atoms with van der Waals surface area (Å²) in [5, 5.41) is 14.1. The molecule has 0 saturated carbocycles. The van der Waals surface area contributed by atoms with E-state index in [1.54, 1.807) is 13.0 Å². The first-order chi connectivity index (χ1) is 11.3. The number of methoxy groups -OCH3 is 1. The molecule has 0 heterocycles. The lowest BCUT2D eigenvalue weighted by atomic mass is 10.1. The second-order valence-corrected chi connectivity index (χ2v) is 5.11. The first kappa shape index (κ1) is 17.2. The molecule has 0 fully saturated rings. The number of nitrogens with two attached hydrogens (primary N) is 1. The van der Waals surface area contributed by atoms with E-state index in [-0.39, 0.29) is 22.7 Å². The zero-order valence-electron chi connectivity index (χ0n) is 13.1. The molecule has 0 aliphatic heterocycles. The Morgan fingerprint density at radius 1 is 1.33 bits per heavy atom. The van der Waals surface area contributed by atoms with Crippen LogP contribution in [0, 0.1) is 15.9 Å². The topological polar surface area (TPSA) is 107 Å². The molecule has 24 heavy (non-hydrogen) atoms. The number of carbonyl (C=O) groups is 1. The second-order valence-electron chi connectivity index (χ2n) is 5.11. The highest BCUT2D eigenvalue weighted by atomic mass is 19.1. The van der Waals surface area contributed by atoms with E-state index in [0.717, 1.165) is 6.07 Å². The van der Waals surface area contributed by atoms with Gasteiger partial charge in [-0.05, 0) is 36.8 Å². The number of amides is 1. The number of nitrogens with one attached hydrogen (secondary N) is 1. The number of hydrogen-bond donors (Lipinski definition) is 2. The summed E-state index contributed by atoms with van der Waals surface area (Å²) in [4.78, 5) is 21.7. The summed E-state index contributed by atoms with van der Waals surface area (Å²) in [5.74, 6) is -1.17. The van der Waals surface area contributed by atoms with Crippen molar-refractivity contribution in [2.45, 2.75) is 13.0 Å². The van der Waals surface area contributed by atoms with Crippen LogP contribution in [0.3, 0.4) is 0 Å². The number of halogens is 1. The van der Waals surface area contributed by atoms with Crippen molar-refractivity contribution in [2.24, 2.45) is 5.73 Å². The molecular formula is C16H16FN3O4. The average molecular weight is 333 g/mol. The standard InChI is InChI=1S/C16H16FN3O4/c1-9(10-4-6-15(24-2)12(17)7-10)19-13-5-3-11(16(18)21)8-14(13)20(22)23/h3-9,19H,1-2H3,(H2,18,21)/t9-/m1/s1. The van der Waals surface area contributed by atoms with E-state index >= 15 is 0 Å². The lowest BCUT2D eigenvalue weighted by Gasteiger charge is -2.16. The van der Waals surface area contributed by atoms with Crippen LogP contribution in [0.2, 0.25) is 0 Å². The SMILES string of the molecule is COc1ccc([C@@H](C)Nc2ccc(C(N)=O)cc2[N+](=O)[O-])cc1F. The quantitative estimate of drug-likeness (QED) is 0.624. The lowest BCUT2D eigenvalue weighted by Crippen LogP contribution is -2.13. The molecule has 0 aliphatic rings. The molecule has 2 aromatic rings. The van der Waals surface area contributed by atoms with Crippen molar-refractivity contribution in [3.05, 3.63) is 63.5 Å². The predicted molar refractivity (Wildman–Crippen MR) is 86.6 cm³/mol. The molecule has 0 bridgehead atoms. The Hall–Kier alpha value is -3.16. The molecular weight excluding hydrogens is 317 g/mol. The van der Waals surface area contributed by atoms with Crippen LogP contribution in [0.1, 0.15) is 28.9 Å². The van der Waals surface area contributed by atoms with Crippen molar-refractivity contribution in [1.82, 2.24) is 0 Å². The van der Waals surface area contributed by atoms with Gasteiger partial charge in [-0.25, -0.2) is 4.39 Å². The third-order valence-corrected chi connectivity index (χ3v) is 3.53. The van der Waals surface area contributed by atoms with Gasteiger partial charge in [0.25, 0.3) is 5.69 Å². The summed E-state index contributed by atoms with van der Waals surface area (Å²) < 4.78 is 18.6. The van der Waals surface area contributed by atoms with E-state index in [1.807, 2.05) is 0 Å². The van der Waals surface area contributed by atoms with Gasteiger partial charge in [0.2, 0.25) is 5.91 Å². The highest BCUT2D eigenvalue weighted by Gasteiger charge is 2.19. The Morgan fingerprint density at radius 2 is 2.04 bits per heavy atom. The third kappa shape index (κ3) is 3.60. The van der Waals surface area contributed by atoms with Crippen LogP contribution < -0.4 is 15.8 Å². The number of primary amides is 1. The minimum atomic E-state index is -0.755. The molecule has 1 amide bonds. The summed E-state index contributed by atoms with van der Waals surface area (Å²) in [7, 11) is 1.36. The lowest BCUT2D eigenvalue weighted by molar-refractivity contribution is -0.384. The largest absolute Gasteiger partial charge is 0.494 e. The fourth-order valence-corrected chi connectivity index (χ4v) is 2.23. The van der Waals surface area contributed by atoms with Crippen LogP contribution in [0.4, 0.5) is 15.8 Å². The second kappa shape index (κ2) is 6.95. The number of nitro groups is 1. The maximum Gasteiger partial charge on any atom is 0.293 e. The maximum atomic E-state index is 13.8. The number of nitrogens with zero attached hydrogens (tertiary/aromatic N) is 1. The molecule has 8 heteroatoms. The Balaban J connectivity index is 2.31. The molecule has 0 radical (unpaired) electrons. The van der Waals surface area contributed by atoms with Crippen molar-refractivity contribution in [1.29, 1.82) is 0 Å². The Morgan fingerprint density at radius 3 is 2.58 bits per heavy atom. The van der Waals surface area contributed by atoms with Gasteiger partial charge in [-0.3, -0.25) is 14.9 Å². The van der Waals surface area contributed by atoms with E-state index in [9.17, 15) is 19.3 Å². The smallest absolute Gasteiger partial charge is 0.293 e. The first-order valence-corrected chi connectivity index (χ1v) is 7.01. The number of hydrogen-bond acceptors (Lipinski definition) is 5. The van der Waals surface area contributed by atoms with Gasteiger partial charge in [0.1, 0.15) is 5.69 Å². The van der Waals surface area contributed by atoms with E-state index in [4.69, 9.17) is 10.5 Å². The first-order valence-electron chi connectivity index (χ1n) is 7.01. The molecule has 1 atom stereocenters. The summed E-state index contributed by atoms with van der Waals surface area (Å²) in [6, 6.07) is 7.90. The minimum Gasteiger partial charge on any atom is -0.494 e. The monoisotopic (exact) mass is 333 g/mol. The van der Waals surface area contributed by atoms with Gasteiger partial charge in [-0.1, -0.05) is 6.07 Å². The Bertz CT molecular complexity index is 795. The maximum absolute atomic E-state index is 13.8. The molecule has 3 N–H and O–H groups in total. The third-order valence-electron chi connectivity index (χ3n) is 3.53. The average Bonchev–Trinajstić information content (AvgIpc) is 2.54. The number of benzene rings is 2. The van der Waals surface area contributed by atoms with Crippen molar-refractivity contribution in [3.63, 3.8) is 0 Å². The van der Waals surface area contributed by atoms with Gasteiger partial charge >= 0.3 is 0 Å². The fraction of sp³-hybridized carbons (Fsp3) is 0.188. The number of ether oxygens (including phenoxy) is 1. The van der Waals surface area contributed by atoms with Crippen LogP contribution in [0.25, 0.3) is 0 Å². The fourth-order valence-electron chi connectivity index (χ4n) is 2.23. The number of rotatable bonds is 6. The van der Waals surface area contributed by atoms with Crippen molar-refractivity contribution in [3.8, 4) is 5.75 Å². The highest BCUT2D eigenvalue weighted by Crippen LogP contribution is 2.30. The Kier molecular flexibility index (Phi) is 4.98. The van der Waals surface area contributed by atoms with Gasteiger partial charge in [-0.15, -0.1) is 0 Å². The molecule has 0 aliphatic carbocycles. The zero-order valence-corrected chi connectivity index (χ0v) is 13.1. The van der Waals surface area contributed by atoms with Crippen molar-refractivity contribution >= 4 is 17.3 Å². The predicted octanol–water partition coefficient (Wildman–Crippen LogP) is 3.01. The summed E-state index contributed by atoms with van der Waals surface area (Å²) in [6.07, 6.45) is 0. The summed E-state index contributed by atoms with van der Waals surface area (Å²) in [5.41, 5.74) is 5.67. The summed E-state index contributed by atoms with van der Waals surface area (Å²) >= 11 is 0. The molecule has 7 nitrogen and oxygen atoms in total. The Labute approximate surface area is 137 Å². The minimum absolute atomic E-state index is 0.0374. The molecule has 0 aromatic heterocycles.